The molecule has 0 aromatic heterocycles. The molecule has 0 radical (unpaired) electrons. The number of carbonyl (C=O) groups is 2. The van der Waals surface area contributed by atoms with Crippen LogP contribution in [0.25, 0.3) is 0 Å². The molecule has 0 bridgehead atoms. The quantitative estimate of drug-likeness (QED) is 0.625. The fourth-order valence-electron chi connectivity index (χ4n) is 4.21. The maximum atomic E-state index is 13.5. The molecule has 0 saturated carbocycles. The lowest BCUT2D eigenvalue weighted by Crippen LogP contribution is -2.37. The third kappa shape index (κ3) is 2.84. The first kappa shape index (κ1) is 18.4. The molecule has 0 aliphatic carbocycles. The predicted octanol–water partition coefficient (Wildman–Crippen LogP) is 3.75. The van der Waals surface area contributed by atoms with Gasteiger partial charge < -0.3 is 4.74 Å². The molecule has 2 saturated heterocycles. The van der Waals surface area contributed by atoms with Crippen LogP contribution in [-0.4, -0.2) is 25.0 Å². The van der Waals surface area contributed by atoms with Crippen molar-refractivity contribution in [2.75, 3.05) is 17.1 Å². The van der Waals surface area contributed by atoms with E-state index < -0.39 is 18.1 Å². The zero-order valence-corrected chi connectivity index (χ0v) is 16.3. The number of ether oxygens (including phenoxy) is 1. The summed E-state index contributed by atoms with van der Waals surface area (Å²) in [5.41, 5.74) is 2.19. The minimum Gasteiger partial charge on any atom is -0.497 e. The van der Waals surface area contributed by atoms with Gasteiger partial charge in [-0.15, -0.1) is 0 Å². The van der Waals surface area contributed by atoms with Crippen LogP contribution in [0, 0.1) is 5.92 Å². The molecule has 3 atom stereocenters. The van der Waals surface area contributed by atoms with Crippen molar-refractivity contribution >= 4 is 23.2 Å². The molecule has 6 heteroatoms. The maximum absolute atomic E-state index is 13.5. The Bertz CT molecular complexity index is 1090. The van der Waals surface area contributed by atoms with E-state index in [0.717, 1.165) is 11.3 Å². The number of hydroxylamine groups is 1. The number of anilines is 2. The van der Waals surface area contributed by atoms with Gasteiger partial charge in [-0.05, 0) is 42.0 Å². The number of imide groups is 1. The molecule has 5 rings (SSSR count). The summed E-state index contributed by atoms with van der Waals surface area (Å²) in [6.45, 7) is 0. The molecule has 2 aliphatic rings. The zero-order chi connectivity index (χ0) is 20.7. The van der Waals surface area contributed by atoms with Crippen molar-refractivity contribution in [3.8, 4) is 5.75 Å². The van der Waals surface area contributed by atoms with Crippen molar-refractivity contribution in [3.63, 3.8) is 0 Å². The minimum absolute atomic E-state index is 0.262. The maximum Gasteiger partial charge on any atom is 0.266 e. The summed E-state index contributed by atoms with van der Waals surface area (Å²) >= 11 is 0. The second-order valence-corrected chi connectivity index (χ2v) is 7.28. The molecule has 6 nitrogen and oxygen atoms in total. The smallest absolute Gasteiger partial charge is 0.266 e. The van der Waals surface area contributed by atoms with Gasteiger partial charge in [-0.3, -0.25) is 14.4 Å². The number of fused-ring (bicyclic) bond motifs is 1. The number of hydrogen-bond acceptors (Lipinski definition) is 5. The van der Waals surface area contributed by atoms with Crippen molar-refractivity contribution in [1.82, 2.24) is 0 Å². The van der Waals surface area contributed by atoms with Crippen LogP contribution in [0.5, 0.6) is 5.75 Å². The highest BCUT2D eigenvalue weighted by Gasteiger charge is 2.60. The molecular formula is C24H20N2O4. The van der Waals surface area contributed by atoms with Gasteiger partial charge in [-0.2, -0.15) is 0 Å². The van der Waals surface area contributed by atoms with E-state index in [2.05, 4.69) is 0 Å². The monoisotopic (exact) mass is 400 g/mol. The lowest BCUT2D eigenvalue weighted by molar-refractivity contribution is -0.126. The lowest BCUT2D eigenvalue weighted by Gasteiger charge is -2.29. The average molecular weight is 400 g/mol. The Hall–Kier alpha value is -3.64. The van der Waals surface area contributed by atoms with Crippen molar-refractivity contribution in [2.45, 2.75) is 12.1 Å². The third-order valence-corrected chi connectivity index (χ3v) is 5.58. The number of rotatable bonds is 4. The molecule has 3 aromatic carbocycles. The van der Waals surface area contributed by atoms with E-state index >= 15 is 0 Å². The van der Waals surface area contributed by atoms with E-state index in [-0.39, 0.29) is 11.8 Å². The number of hydrogen-bond donors (Lipinski definition) is 0. The van der Waals surface area contributed by atoms with E-state index in [1.54, 1.807) is 36.4 Å². The summed E-state index contributed by atoms with van der Waals surface area (Å²) in [6, 6.07) is 25.6. The Morgan fingerprint density at radius 1 is 0.800 bits per heavy atom. The number of carbonyl (C=O) groups excluding carboxylic acids is 2. The first-order chi connectivity index (χ1) is 14.7. The van der Waals surface area contributed by atoms with Gasteiger partial charge in [0.2, 0.25) is 5.91 Å². The normalized spacial score (nSPS) is 23.0. The van der Waals surface area contributed by atoms with Crippen LogP contribution < -0.4 is 14.7 Å². The van der Waals surface area contributed by atoms with Crippen LogP contribution in [-0.2, 0) is 14.4 Å². The highest BCUT2D eigenvalue weighted by Crippen LogP contribution is 2.47. The van der Waals surface area contributed by atoms with Crippen LogP contribution in [0.2, 0.25) is 0 Å². The van der Waals surface area contributed by atoms with Gasteiger partial charge in [0.15, 0.2) is 6.10 Å². The number of nitrogens with zero attached hydrogens (tertiary/aromatic N) is 2. The average Bonchev–Trinajstić information content (AvgIpc) is 3.31. The van der Waals surface area contributed by atoms with Gasteiger partial charge in [-0.1, -0.05) is 48.5 Å². The van der Waals surface area contributed by atoms with Crippen molar-refractivity contribution in [2.24, 2.45) is 5.92 Å². The summed E-state index contributed by atoms with van der Waals surface area (Å²) in [5, 5.41) is 1.68. The standard InChI is InChI=1S/C24H20N2O4/c1-29-19-14-8-9-16(15-19)21-20-22(30-26(21)18-12-6-3-7-13-18)24(28)25(23(20)27)17-10-4-2-5-11-17/h2-15,20-22H,1H3/t20-,21+,22+/m1/s1. The van der Waals surface area contributed by atoms with Crippen molar-refractivity contribution < 1.29 is 19.2 Å². The first-order valence-electron chi connectivity index (χ1n) is 9.77. The summed E-state index contributed by atoms with van der Waals surface area (Å²) in [4.78, 5) is 34.1. The van der Waals surface area contributed by atoms with E-state index in [4.69, 9.17) is 9.57 Å². The number of methoxy groups -OCH3 is 1. The van der Waals surface area contributed by atoms with Gasteiger partial charge in [-0.25, -0.2) is 9.96 Å². The molecule has 3 aromatic rings. The number of para-hydroxylation sites is 2. The van der Waals surface area contributed by atoms with Crippen LogP contribution >= 0.6 is 0 Å². The van der Waals surface area contributed by atoms with E-state index in [1.807, 2.05) is 60.7 Å². The molecular weight excluding hydrogens is 380 g/mol. The Morgan fingerprint density at radius 2 is 1.47 bits per heavy atom. The lowest BCUT2D eigenvalue weighted by atomic mass is 9.90. The van der Waals surface area contributed by atoms with E-state index in [1.165, 1.54) is 4.90 Å². The van der Waals surface area contributed by atoms with Crippen LogP contribution in [0.4, 0.5) is 11.4 Å². The summed E-state index contributed by atoms with van der Waals surface area (Å²) in [6.07, 6.45) is -0.880. The van der Waals surface area contributed by atoms with Gasteiger partial charge in [0.05, 0.1) is 24.5 Å². The Balaban J connectivity index is 1.60. The van der Waals surface area contributed by atoms with Crippen molar-refractivity contribution in [1.29, 1.82) is 0 Å². The molecule has 0 unspecified atom stereocenters. The molecule has 2 fully saturated rings. The molecule has 2 amide bonds. The van der Waals surface area contributed by atoms with E-state index in [0.29, 0.717) is 11.4 Å². The van der Waals surface area contributed by atoms with Crippen molar-refractivity contribution in [3.05, 3.63) is 90.5 Å². The van der Waals surface area contributed by atoms with Crippen LogP contribution in [0.15, 0.2) is 84.9 Å². The summed E-state index contributed by atoms with van der Waals surface area (Å²) < 4.78 is 5.38. The van der Waals surface area contributed by atoms with Crippen LogP contribution in [0.1, 0.15) is 11.6 Å². The molecule has 30 heavy (non-hydrogen) atoms. The van der Waals surface area contributed by atoms with Crippen LogP contribution in [0.3, 0.4) is 0 Å². The molecule has 0 N–H and O–H groups in total. The topological polar surface area (TPSA) is 59.1 Å². The molecule has 2 aliphatic heterocycles. The van der Waals surface area contributed by atoms with Gasteiger partial charge in [0.25, 0.3) is 5.91 Å². The number of amides is 2. The molecule has 150 valence electrons. The fraction of sp³-hybridized carbons (Fsp3) is 0.167. The van der Waals surface area contributed by atoms with Gasteiger partial charge >= 0.3 is 0 Å². The fourth-order valence-corrected chi connectivity index (χ4v) is 4.21. The van der Waals surface area contributed by atoms with Gasteiger partial charge in [0.1, 0.15) is 11.7 Å². The highest BCUT2D eigenvalue weighted by molar-refractivity contribution is 6.23. The SMILES string of the molecule is COc1cccc([C@H]2[C@H]3C(=O)N(c4ccccc4)C(=O)[C@H]3ON2c2ccccc2)c1. The summed E-state index contributed by atoms with van der Waals surface area (Å²) in [5.74, 6) is -0.587. The second kappa shape index (κ2) is 7.31. The highest BCUT2D eigenvalue weighted by atomic mass is 16.7. The summed E-state index contributed by atoms with van der Waals surface area (Å²) in [7, 11) is 1.60. The minimum atomic E-state index is -0.880. The zero-order valence-electron chi connectivity index (χ0n) is 16.3. The second-order valence-electron chi connectivity index (χ2n) is 7.28. The van der Waals surface area contributed by atoms with E-state index in [9.17, 15) is 9.59 Å². The first-order valence-corrected chi connectivity index (χ1v) is 9.77. The largest absolute Gasteiger partial charge is 0.497 e. The Labute approximate surface area is 174 Å². The molecule has 0 spiro atoms. The Kier molecular flexibility index (Phi) is 4.48. The third-order valence-electron chi connectivity index (χ3n) is 5.58. The predicted molar refractivity (Wildman–Crippen MR) is 112 cm³/mol. The number of benzene rings is 3. The Morgan fingerprint density at radius 3 is 2.13 bits per heavy atom. The van der Waals surface area contributed by atoms with Gasteiger partial charge in [0, 0.05) is 0 Å². The molecule has 2 heterocycles.